The smallest absolute Gasteiger partial charge is 0.120 e. The van der Waals surface area contributed by atoms with E-state index in [1.165, 1.54) is 0 Å². The Morgan fingerprint density at radius 1 is 1.04 bits per heavy atom. The van der Waals surface area contributed by atoms with Crippen molar-refractivity contribution in [1.82, 2.24) is 9.88 Å². The maximum atomic E-state index is 10.2. The van der Waals surface area contributed by atoms with Crippen LogP contribution in [0, 0.1) is 0 Å². The number of benzene rings is 2. The second kappa shape index (κ2) is 7.20. The fourth-order valence-electron chi connectivity index (χ4n) is 2.94. The first-order valence-electron chi connectivity index (χ1n) is 8.21. The van der Waals surface area contributed by atoms with Crippen LogP contribution in [0.4, 0.5) is 0 Å². The van der Waals surface area contributed by atoms with Crippen LogP contribution in [0.5, 0.6) is 5.75 Å². The second-order valence-corrected chi connectivity index (χ2v) is 6.26. The van der Waals surface area contributed by atoms with Gasteiger partial charge in [0.2, 0.25) is 0 Å². The average molecular weight is 341 g/mol. The van der Waals surface area contributed by atoms with Crippen molar-refractivity contribution in [1.29, 1.82) is 0 Å². The number of phenols is 1. The minimum absolute atomic E-state index is 0.340. The van der Waals surface area contributed by atoms with Gasteiger partial charge in [-0.3, -0.25) is 9.88 Å². The summed E-state index contributed by atoms with van der Waals surface area (Å²) >= 11 is 6.07. The Bertz CT molecular complexity index is 859. The molecule has 0 fully saturated rings. The summed E-state index contributed by atoms with van der Waals surface area (Å²) in [6.45, 7) is 6.91. The van der Waals surface area contributed by atoms with Gasteiger partial charge in [0.05, 0.1) is 5.52 Å². The number of hydrogen-bond donors (Lipinski definition) is 1. The molecule has 3 nitrogen and oxygen atoms in total. The van der Waals surface area contributed by atoms with Gasteiger partial charge in [0.25, 0.3) is 0 Å². The van der Waals surface area contributed by atoms with Crippen LogP contribution < -0.4 is 0 Å². The van der Waals surface area contributed by atoms with E-state index in [2.05, 4.69) is 29.8 Å². The first-order chi connectivity index (χ1) is 11.6. The van der Waals surface area contributed by atoms with Gasteiger partial charge in [0.15, 0.2) is 0 Å². The highest BCUT2D eigenvalue weighted by Gasteiger charge is 2.10. The van der Waals surface area contributed by atoms with Gasteiger partial charge in [0.1, 0.15) is 5.75 Å². The number of phenolic OH excluding ortho intramolecular Hbond substituents is 1. The van der Waals surface area contributed by atoms with Crippen LogP contribution in [-0.2, 0) is 6.54 Å². The first kappa shape index (κ1) is 16.7. The molecule has 0 radical (unpaired) electrons. The Labute approximate surface area is 147 Å². The Morgan fingerprint density at radius 3 is 2.58 bits per heavy atom. The summed E-state index contributed by atoms with van der Waals surface area (Å²) in [7, 11) is 0. The Hall–Kier alpha value is -2.10. The number of rotatable bonds is 5. The lowest BCUT2D eigenvalue weighted by Gasteiger charge is -2.19. The van der Waals surface area contributed by atoms with Crippen LogP contribution >= 0.6 is 11.6 Å². The van der Waals surface area contributed by atoms with Crippen molar-refractivity contribution in [2.45, 2.75) is 20.4 Å². The van der Waals surface area contributed by atoms with Gasteiger partial charge in [0, 0.05) is 28.7 Å². The van der Waals surface area contributed by atoms with E-state index in [4.69, 9.17) is 11.6 Å². The molecule has 0 amide bonds. The van der Waals surface area contributed by atoms with E-state index >= 15 is 0 Å². The van der Waals surface area contributed by atoms with Gasteiger partial charge in [-0.05, 0) is 54.5 Å². The van der Waals surface area contributed by atoms with Crippen LogP contribution in [-0.4, -0.2) is 28.1 Å². The molecule has 0 aliphatic rings. The number of hydrogen-bond acceptors (Lipinski definition) is 3. The normalized spacial score (nSPS) is 11.3. The van der Waals surface area contributed by atoms with E-state index in [1.807, 2.05) is 30.3 Å². The van der Waals surface area contributed by atoms with Crippen molar-refractivity contribution in [3.63, 3.8) is 0 Å². The minimum Gasteiger partial charge on any atom is -0.508 e. The summed E-state index contributed by atoms with van der Waals surface area (Å²) in [5, 5.41) is 12.0. The topological polar surface area (TPSA) is 36.4 Å². The Kier molecular flexibility index (Phi) is 5.03. The van der Waals surface area contributed by atoms with Gasteiger partial charge in [-0.25, -0.2) is 0 Å². The lowest BCUT2D eigenvalue weighted by molar-refractivity contribution is 0.291. The Morgan fingerprint density at radius 2 is 1.83 bits per heavy atom. The molecule has 124 valence electrons. The fraction of sp³-hybridized carbons (Fsp3) is 0.250. The summed E-state index contributed by atoms with van der Waals surface area (Å²) < 4.78 is 0. The average Bonchev–Trinajstić information content (AvgIpc) is 2.60. The molecule has 0 saturated carbocycles. The minimum atomic E-state index is 0.340. The van der Waals surface area contributed by atoms with Crippen LogP contribution in [0.25, 0.3) is 22.0 Å². The fourth-order valence-corrected chi connectivity index (χ4v) is 3.11. The quantitative estimate of drug-likeness (QED) is 0.701. The number of aromatic hydroxyl groups is 1. The zero-order chi connectivity index (χ0) is 17.1. The molecule has 3 rings (SSSR count). The largest absolute Gasteiger partial charge is 0.508 e. The molecule has 0 saturated heterocycles. The molecule has 0 bridgehead atoms. The van der Waals surface area contributed by atoms with Gasteiger partial charge in [-0.15, -0.1) is 0 Å². The number of nitrogens with zero attached hydrogens (tertiary/aromatic N) is 2. The van der Waals surface area contributed by atoms with Crippen LogP contribution in [0.3, 0.4) is 0 Å². The third-order valence-corrected chi connectivity index (χ3v) is 4.62. The SMILES string of the molecule is CCN(CC)Cc1cc(-c2ccnc3cc(Cl)ccc23)ccc1O. The third-order valence-electron chi connectivity index (χ3n) is 4.38. The van der Waals surface area contributed by atoms with E-state index in [9.17, 15) is 5.11 Å². The third kappa shape index (κ3) is 3.37. The van der Waals surface area contributed by atoms with Gasteiger partial charge in [-0.1, -0.05) is 37.6 Å². The molecule has 3 aromatic rings. The Balaban J connectivity index is 2.07. The molecular formula is C20H21ClN2O. The van der Waals surface area contributed by atoms with Crippen molar-refractivity contribution in [3.8, 4) is 16.9 Å². The molecule has 4 heteroatoms. The van der Waals surface area contributed by atoms with E-state index in [0.29, 0.717) is 10.8 Å². The first-order valence-corrected chi connectivity index (χ1v) is 8.59. The maximum Gasteiger partial charge on any atom is 0.120 e. The van der Waals surface area contributed by atoms with Gasteiger partial charge in [-0.2, -0.15) is 0 Å². The highest BCUT2D eigenvalue weighted by Crippen LogP contribution is 2.32. The van der Waals surface area contributed by atoms with Crippen LogP contribution in [0.2, 0.25) is 5.02 Å². The zero-order valence-electron chi connectivity index (χ0n) is 14.0. The standard InChI is InChI=1S/C20H21ClN2O/c1-3-23(4-2)13-15-11-14(5-8-20(15)24)17-9-10-22-19-12-16(21)6-7-18(17)19/h5-12,24H,3-4,13H2,1-2H3. The van der Waals surface area contributed by atoms with Crippen LogP contribution in [0.15, 0.2) is 48.7 Å². The highest BCUT2D eigenvalue weighted by molar-refractivity contribution is 6.31. The zero-order valence-corrected chi connectivity index (χ0v) is 14.7. The number of aromatic nitrogens is 1. The van der Waals surface area contributed by atoms with E-state index in [0.717, 1.165) is 47.2 Å². The van der Waals surface area contributed by atoms with Crippen molar-refractivity contribution in [2.24, 2.45) is 0 Å². The summed E-state index contributed by atoms with van der Waals surface area (Å²) in [5.74, 6) is 0.340. The molecule has 24 heavy (non-hydrogen) atoms. The molecule has 1 N–H and O–H groups in total. The molecule has 2 aromatic carbocycles. The summed E-state index contributed by atoms with van der Waals surface area (Å²) in [6.07, 6.45) is 1.80. The maximum absolute atomic E-state index is 10.2. The molecule has 0 atom stereocenters. The predicted octanol–water partition coefficient (Wildman–Crippen LogP) is 5.10. The van der Waals surface area contributed by atoms with E-state index in [1.54, 1.807) is 12.3 Å². The predicted molar refractivity (Wildman–Crippen MR) is 100 cm³/mol. The summed E-state index contributed by atoms with van der Waals surface area (Å²) in [5.41, 5.74) is 3.98. The van der Waals surface area contributed by atoms with Crippen molar-refractivity contribution in [3.05, 3.63) is 59.2 Å². The molecule has 0 spiro atoms. The van der Waals surface area contributed by atoms with Gasteiger partial charge >= 0.3 is 0 Å². The van der Waals surface area contributed by atoms with E-state index < -0.39 is 0 Å². The lowest BCUT2D eigenvalue weighted by Crippen LogP contribution is -2.22. The van der Waals surface area contributed by atoms with Crippen molar-refractivity contribution < 1.29 is 5.11 Å². The molecular weight excluding hydrogens is 320 g/mol. The highest BCUT2D eigenvalue weighted by atomic mass is 35.5. The number of halogens is 1. The van der Waals surface area contributed by atoms with Crippen molar-refractivity contribution >= 4 is 22.5 Å². The van der Waals surface area contributed by atoms with Crippen molar-refractivity contribution in [2.75, 3.05) is 13.1 Å². The molecule has 0 aliphatic heterocycles. The lowest BCUT2D eigenvalue weighted by atomic mass is 9.99. The molecule has 0 aliphatic carbocycles. The number of fused-ring (bicyclic) bond motifs is 1. The van der Waals surface area contributed by atoms with Crippen LogP contribution in [0.1, 0.15) is 19.4 Å². The molecule has 1 heterocycles. The van der Waals surface area contributed by atoms with E-state index in [-0.39, 0.29) is 0 Å². The molecule has 1 aromatic heterocycles. The summed E-state index contributed by atoms with van der Waals surface area (Å²) in [4.78, 5) is 6.68. The second-order valence-electron chi connectivity index (χ2n) is 5.82. The number of pyridine rings is 1. The molecule has 0 unspecified atom stereocenters. The monoisotopic (exact) mass is 340 g/mol. The summed E-state index contributed by atoms with van der Waals surface area (Å²) in [6, 6.07) is 13.5. The van der Waals surface area contributed by atoms with Gasteiger partial charge < -0.3 is 5.11 Å².